The molecule has 2 N–H and O–H groups in total. The molecule has 1 aromatic rings. The Morgan fingerprint density at radius 2 is 1.90 bits per heavy atom. The van der Waals surface area contributed by atoms with E-state index < -0.39 is 0 Å². The summed E-state index contributed by atoms with van der Waals surface area (Å²) in [6.45, 7) is 7.67. The molecule has 4 heteroatoms. The first kappa shape index (κ1) is 15.1. The van der Waals surface area contributed by atoms with E-state index in [4.69, 9.17) is 15.2 Å². The van der Waals surface area contributed by atoms with Crippen LogP contribution in [0.1, 0.15) is 38.8 Å². The molecule has 0 saturated carbocycles. The van der Waals surface area contributed by atoms with E-state index in [0.717, 1.165) is 17.9 Å². The van der Waals surface area contributed by atoms with Crippen LogP contribution in [0.25, 0.3) is 0 Å². The van der Waals surface area contributed by atoms with Gasteiger partial charge in [0.2, 0.25) is 6.79 Å². The highest BCUT2D eigenvalue weighted by Crippen LogP contribution is 2.35. The van der Waals surface area contributed by atoms with E-state index in [0.29, 0.717) is 25.3 Å². The molecule has 1 aliphatic rings. The number of fused-ring (bicyclic) bond motifs is 1. The van der Waals surface area contributed by atoms with Crippen LogP contribution in [0.4, 0.5) is 0 Å². The monoisotopic (exact) mass is 278 g/mol. The number of rotatable bonds is 6. The molecule has 0 bridgehead atoms. The number of nitrogens with two attached hydrogens (primary N) is 1. The lowest BCUT2D eigenvalue weighted by Crippen LogP contribution is -2.37. The Kier molecular flexibility index (Phi) is 4.89. The maximum absolute atomic E-state index is 6.01. The van der Waals surface area contributed by atoms with Gasteiger partial charge in [-0.1, -0.05) is 19.9 Å². The van der Waals surface area contributed by atoms with Crippen molar-refractivity contribution in [1.82, 2.24) is 4.90 Å². The Morgan fingerprint density at radius 3 is 2.55 bits per heavy atom. The van der Waals surface area contributed by atoms with Gasteiger partial charge in [0, 0.05) is 18.6 Å². The SMILES string of the molecule is CC(C)CC(C)N(C)C(CN)c1ccc2c(c1)OCO2. The number of likely N-dealkylation sites (N-methyl/N-ethyl adjacent to an activating group) is 1. The largest absolute Gasteiger partial charge is 0.454 e. The van der Waals surface area contributed by atoms with Crippen molar-refractivity contribution in [2.45, 2.75) is 39.3 Å². The fourth-order valence-corrected chi connectivity index (χ4v) is 2.81. The van der Waals surface area contributed by atoms with Gasteiger partial charge < -0.3 is 15.2 Å². The lowest BCUT2D eigenvalue weighted by molar-refractivity contribution is 0.167. The number of benzene rings is 1. The standard InChI is InChI=1S/C16H26N2O2/c1-11(2)7-12(3)18(4)14(9-17)13-5-6-15-16(8-13)20-10-19-15/h5-6,8,11-12,14H,7,9-10,17H2,1-4H3. The topological polar surface area (TPSA) is 47.7 Å². The molecule has 2 unspecified atom stereocenters. The minimum Gasteiger partial charge on any atom is -0.454 e. The van der Waals surface area contributed by atoms with Crippen LogP contribution >= 0.6 is 0 Å². The van der Waals surface area contributed by atoms with Gasteiger partial charge in [-0.05, 0) is 44.0 Å². The highest BCUT2D eigenvalue weighted by molar-refractivity contribution is 5.45. The summed E-state index contributed by atoms with van der Waals surface area (Å²) in [5.41, 5.74) is 7.20. The van der Waals surface area contributed by atoms with Crippen LogP contribution < -0.4 is 15.2 Å². The van der Waals surface area contributed by atoms with Crippen LogP contribution in [0, 0.1) is 5.92 Å². The van der Waals surface area contributed by atoms with Crippen molar-refractivity contribution in [3.63, 3.8) is 0 Å². The average Bonchev–Trinajstić information content (AvgIpc) is 2.86. The number of nitrogens with zero attached hydrogens (tertiary/aromatic N) is 1. The van der Waals surface area contributed by atoms with Crippen molar-refractivity contribution < 1.29 is 9.47 Å². The fourth-order valence-electron chi connectivity index (χ4n) is 2.81. The van der Waals surface area contributed by atoms with Crippen molar-refractivity contribution in [2.75, 3.05) is 20.4 Å². The van der Waals surface area contributed by atoms with Crippen molar-refractivity contribution in [1.29, 1.82) is 0 Å². The maximum atomic E-state index is 6.01. The Morgan fingerprint density at radius 1 is 1.20 bits per heavy atom. The van der Waals surface area contributed by atoms with Gasteiger partial charge in [0.05, 0.1) is 0 Å². The fraction of sp³-hybridized carbons (Fsp3) is 0.625. The Labute approximate surface area is 121 Å². The van der Waals surface area contributed by atoms with Crippen molar-refractivity contribution in [2.24, 2.45) is 11.7 Å². The number of ether oxygens (including phenoxy) is 2. The van der Waals surface area contributed by atoms with Crippen LogP contribution in [-0.2, 0) is 0 Å². The lowest BCUT2D eigenvalue weighted by atomic mass is 9.99. The summed E-state index contributed by atoms with van der Waals surface area (Å²) in [4.78, 5) is 2.36. The van der Waals surface area contributed by atoms with Gasteiger partial charge in [-0.2, -0.15) is 0 Å². The predicted octanol–water partition coefficient (Wildman–Crippen LogP) is 2.78. The molecule has 0 aromatic heterocycles. The van der Waals surface area contributed by atoms with Gasteiger partial charge in [0.25, 0.3) is 0 Å². The van der Waals surface area contributed by atoms with Gasteiger partial charge in [-0.25, -0.2) is 0 Å². The first-order valence-corrected chi connectivity index (χ1v) is 7.34. The first-order chi connectivity index (χ1) is 9.52. The zero-order valence-electron chi connectivity index (χ0n) is 12.9. The van der Waals surface area contributed by atoms with Gasteiger partial charge in [0.1, 0.15) is 0 Å². The summed E-state index contributed by atoms with van der Waals surface area (Å²) < 4.78 is 10.8. The van der Waals surface area contributed by atoms with Crippen LogP contribution in [0.3, 0.4) is 0 Å². The van der Waals surface area contributed by atoms with Gasteiger partial charge in [0.15, 0.2) is 11.5 Å². The summed E-state index contributed by atoms with van der Waals surface area (Å²) in [6, 6.07) is 6.82. The molecule has 0 radical (unpaired) electrons. The minimum atomic E-state index is 0.207. The van der Waals surface area contributed by atoms with E-state index in [9.17, 15) is 0 Å². The summed E-state index contributed by atoms with van der Waals surface area (Å²) >= 11 is 0. The second-order valence-corrected chi connectivity index (χ2v) is 6.01. The molecule has 0 fully saturated rings. The molecule has 0 spiro atoms. The maximum Gasteiger partial charge on any atom is 0.231 e. The Hall–Kier alpha value is -1.26. The molecular weight excluding hydrogens is 252 g/mol. The summed E-state index contributed by atoms with van der Waals surface area (Å²) in [5.74, 6) is 2.33. The van der Waals surface area contributed by atoms with Crippen LogP contribution in [0.5, 0.6) is 11.5 Å². The first-order valence-electron chi connectivity index (χ1n) is 7.34. The van der Waals surface area contributed by atoms with Crippen LogP contribution in [0.2, 0.25) is 0 Å². The third kappa shape index (κ3) is 3.25. The number of hydrogen-bond donors (Lipinski definition) is 1. The normalized spacial score (nSPS) is 16.8. The third-order valence-electron chi connectivity index (χ3n) is 4.00. The lowest BCUT2D eigenvalue weighted by Gasteiger charge is -2.33. The molecule has 1 aliphatic heterocycles. The molecule has 1 heterocycles. The smallest absolute Gasteiger partial charge is 0.231 e. The van der Waals surface area contributed by atoms with Gasteiger partial charge in [-0.15, -0.1) is 0 Å². The summed E-state index contributed by atoms with van der Waals surface area (Å²) in [7, 11) is 2.15. The van der Waals surface area contributed by atoms with Crippen molar-refractivity contribution >= 4 is 0 Å². The van der Waals surface area contributed by atoms with E-state index in [1.807, 2.05) is 6.07 Å². The Balaban J connectivity index is 2.15. The van der Waals surface area contributed by atoms with Crippen LogP contribution in [0.15, 0.2) is 18.2 Å². The van der Waals surface area contributed by atoms with E-state index in [-0.39, 0.29) is 6.04 Å². The predicted molar refractivity (Wildman–Crippen MR) is 81.0 cm³/mol. The van der Waals surface area contributed by atoms with Gasteiger partial charge >= 0.3 is 0 Å². The zero-order valence-corrected chi connectivity index (χ0v) is 12.9. The molecule has 2 atom stereocenters. The molecule has 0 saturated heterocycles. The zero-order chi connectivity index (χ0) is 14.7. The van der Waals surface area contributed by atoms with Crippen molar-refractivity contribution in [3.8, 4) is 11.5 Å². The molecule has 20 heavy (non-hydrogen) atoms. The third-order valence-corrected chi connectivity index (χ3v) is 4.00. The highest BCUT2D eigenvalue weighted by Gasteiger charge is 2.23. The van der Waals surface area contributed by atoms with E-state index in [1.165, 1.54) is 5.56 Å². The highest BCUT2D eigenvalue weighted by atomic mass is 16.7. The Bertz CT molecular complexity index is 448. The average molecular weight is 278 g/mol. The molecule has 0 aliphatic carbocycles. The number of hydrogen-bond acceptors (Lipinski definition) is 4. The molecule has 112 valence electrons. The second kappa shape index (κ2) is 6.46. The van der Waals surface area contributed by atoms with E-state index in [1.54, 1.807) is 0 Å². The van der Waals surface area contributed by atoms with E-state index >= 15 is 0 Å². The second-order valence-electron chi connectivity index (χ2n) is 6.01. The molecule has 0 amide bonds. The summed E-state index contributed by atoms with van der Waals surface area (Å²) in [5, 5.41) is 0. The van der Waals surface area contributed by atoms with Gasteiger partial charge in [-0.3, -0.25) is 4.90 Å². The molecule has 2 rings (SSSR count). The summed E-state index contributed by atoms with van der Waals surface area (Å²) in [6.07, 6.45) is 1.16. The minimum absolute atomic E-state index is 0.207. The quantitative estimate of drug-likeness (QED) is 0.869. The van der Waals surface area contributed by atoms with Crippen LogP contribution in [-0.4, -0.2) is 31.3 Å². The molecular formula is C16H26N2O2. The molecule has 1 aromatic carbocycles. The molecule has 4 nitrogen and oxygen atoms in total. The van der Waals surface area contributed by atoms with Crippen molar-refractivity contribution in [3.05, 3.63) is 23.8 Å². The van der Waals surface area contributed by atoms with E-state index in [2.05, 4.69) is 44.9 Å².